The van der Waals surface area contributed by atoms with Crippen LogP contribution in [0, 0.1) is 0 Å². The summed E-state index contributed by atoms with van der Waals surface area (Å²) < 4.78 is 7.29. The van der Waals surface area contributed by atoms with Gasteiger partial charge in [0.15, 0.2) is 0 Å². The van der Waals surface area contributed by atoms with E-state index < -0.39 is 0 Å². The molecule has 0 atom stereocenters. The molecule has 5 heteroatoms. The van der Waals surface area contributed by atoms with Crippen LogP contribution >= 0.6 is 11.3 Å². The molecule has 4 nitrogen and oxygen atoms in total. The van der Waals surface area contributed by atoms with Crippen LogP contribution in [0.4, 0.5) is 0 Å². The first-order valence-corrected chi connectivity index (χ1v) is 18.0. The zero-order valence-corrected chi connectivity index (χ0v) is 28.2. The molecule has 0 spiro atoms. The minimum absolute atomic E-state index is 0.964. The predicted molar refractivity (Wildman–Crippen MR) is 214 cm³/mol. The number of fused-ring (bicyclic) bond motifs is 9. The quantitative estimate of drug-likeness (QED) is 0.187. The second kappa shape index (κ2) is 11.0. The second-order valence-corrected chi connectivity index (χ2v) is 14.2. The lowest BCUT2D eigenvalue weighted by atomic mass is 9.97. The molecule has 11 rings (SSSR count). The minimum atomic E-state index is 0.964. The highest BCUT2D eigenvalue weighted by Gasteiger charge is 2.16. The van der Waals surface area contributed by atoms with E-state index in [2.05, 4.69) is 160 Å². The topological polar surface area (TPSA) is 35.6 Å². The van der Waals surface area contributed by atoms with Gasteiger partial charge in [0.2, 0.25) is 0 Å². The Hall–Kier alpha value is -6.56. The molecule has 0 aliphatic rings. The van der Waals surface area contributed by atoms with Crippen LogP contribution in [0.15, 0.2) is 170 Å². The number of pyridine rings is 2. The largest absolute Gasteiger partial charge is 0.309 e. The van der Waals surface area contributed by atoms with Gasteiger partial charge in [-0.15, -0.1) is 11.3 Å². The number of thiophene rings is 1. The summed E-state index contributed by atoms with van der Waals surface area (Å²) in [7, 11) is 0. The number of para-hydroxylation sites is 2. The second-order valence-electron chi connectivity index (χ2n) is 13.1. The molecule has 0 fully saturated rings. The van der Waals surface area contributed by atoms with E-state index in [1.165, 1.54) is 69.9 Å². The van der Waals surface area contributed by atoms with Crippen molar-refractivity contribution >= 4 is 75.3 Å². The standard InChI is InChI=1S/C46H28N4S/c1-3-14-40-35(12-1)36-13-2-4-15-41(36)49(40)34-18-20-45-38(27-34)37-26-32(17-19-44(37)51-45)30-9-5-8-29(24-30)31-10-6-11-33(25-31)50-42-21-23-47-28-39(42)46-43(50)16-7-22-48-46/h1-28H. The van der Waals surface area contributed by atoms with Crippen molar-refractivity contribution in [1.82, 2.24) is 19.1 Å². The molecular formula is C46H28N4S. The highest BCUT2D eigenvalue weighted by atomic mass is 32.1. The Balaban J connectivity index is 1.02. The van der Waals surface area contributed by atoms with E-state index in [-0.39, 0.29) is 0 Å². The van der Waals surface area contributed by atoms with Crippen molar-refractivity contribution in [2.45, 2.75) is 0 Å². The monoisotopic (exact) mass is 668 g/mol. The number of rotatable bonds is 4. The third-order valence-corrected chi connectivity index (χ3v) is 11.4. The molecular weight excluding hydrogens is 641 g/mol. The van der Waals surface area contributed by atoms with Gasteiger partial charge in [0.25, 0.3) is 0 Å². The van der Waals surface area contributed by atoms with E-state index >= 15 is 0 Å². The fraction of sp³-hybridized carbons (Fsp3) is 0. The van der Waals surface area contributed by atoms with Gasteiger partial charge in [0.1, 0.15) is 0 Å². The average molecular weight is 669 g/mol. The Morgan fingerprint density at radius 1 is 0.392 bits per heavy atom. The SMILES string of the molecule is c1cc(-c2cccc(-n3c4ccncc4c4ncccc43)c2)cc(-c2ccc3sc4ccc(-n5c6ccccc6c6ccccc65)cc4c3c2)c1. The molecule has 0 amide bonds. The molecule has 0 unspecified atom stereocenters. The van der Waals surface area contributed by atoms with Crippen molar-refractivity contribution in [3.8, 4) is 33.6 Å². The van der Waals surface area contributed by atoms with Gasteiger partial charge in [-0.1, -0.05) is 72.8 Å². The molecule has 5 aromatic heterocycles. The van der Waals surface area contributed by atoms with Crippen molar-refractivity contribution in [3.05, 3.63) is 170 Å². The fourth-order valence-corrected chi connectivity index (χ4v) is 9.01. The van der Waals surface area contributed by atoms with Gasteiger partial charge in [-0.2, -0.15) is 0 Å². The summed E-state index contributed by atoms with van der Waals surface area (Å²) >= 11 is 1.86. The van der Waals surface area contributed by atoms with E-state index in [0.29, 0.717) is 0 Å². The van der Waals surface area contributed by atoms with E-state index in [9.17, 15) is 0 Å². The Morgan fingerprint density at radius 3 is 1.80 bits per heavy atom. The van der Waals surface area contributed by atoms with Crippen molar-refractivity contribution in [3.63, 3.8) is 0 Å². The Bertz CT molecular complexity index is 3060. The lowest BCUT2D eigenvalue weighted by Gasteiger charge is -2.11. The van der Waals surface area contributed by atoms with Crippen molar-refractivity contribution in [1.29, 1.82) is 0 Å². The Labute approximate surface area is 297 Å². The maximum Gasteiger partial charge on any atom is 0.0978 e. The summed E-state index contributed by atoms with van der Waals surface area (Å²) in [5.74, 6) is 0. The molecule has 0 radical (unpaired) electrons. The molecule has 238 valence electrons. The minimum Gasteiger partial charge on any atom is -0.309 e. The van der Waals surface area contributed by atoms with Crippen molar-refractivity contribution < 1.29 is 0 Å². The number of aromatic nitrogens is 4. The average Bonchev–Trinajstić information content (AvgIpc) is 3.85. The van der Waals surface area contributed by atoms with Gasteiger partial charge in [-0.05, 0) is 101 Å². The van der Waals surface area contributed by atoms with Gasteiger partial charge in [0.05, 0.1) is 27.6 Å². The van der Waals surface area contributed by atoms with Crippen LogP contribution in [0.2, 0.25) is 0 Å². The van der Waals surface area contributed by atoms with Gasteiger partial charge < -0.3 is 9.13 Å². The lowest BCUT2D eigenvalue weighted by Crippen LogP contribution is -1.94. The molecule has 6 aromatic carbocycles. The zero-order chi connectivity index (χ0) is 33.5. The number of hydrogen-bond acceptors (Lipinski definition) is 3. The fourth-order valence-electron chi connectivity index (χ4n) is 7.94. The van der Waals surface area contributed by atoms with Crippen molar-refractivity contribution in [2.75, 3.05) is 0 Å². The first kappa shape index (κ1) is 28.3. The number of benzene rings is 6. The summed E-state index contributed by atoms with van der Waals surface area (Å²) in [6.07, 6.45) is 5.61. The van der Waals surface area contributed by atoms with Gasteiger partial charge in [-0.3, -0.25) is 9.97 Å². The molecule has 0 saturated carbocycles. The molecule has 51 heavy (non-hydrogen) atoms. The molecule has 0 bridgehead atoms. The zero-order valence-electron chi connectivity index (χ0n) is 27.4. The molecule has 0 aliphatic heterocycles. The van der Waals surface area contributed by atoms with Crippen LogP contribution in [-0.4, -0.2) is 19.1 Å². The summed E-state index contributed by atoms with van der Waals surface area (Å²) in [5.41, 5.74) is 12.6. The van der Waals surface area contributed by atoms with Crippen LogP contribution in [0.3, 0.4) is 0 Å². The number of hydrogen-bond donors (Lipinski definition) is 0. The number of nitrogens with zero attached hydrogens (tertiary/aromatic N) is 4. The van der Waals surface area contributed by atoms with E-state index in [1.54, 1.807) is 0 Å². The van der Waals surface area contributed by atoms with Crippen LogP contribution in [0.5, 0.6) is 0 Å². The molecule has 0 aliphatic carbocycles. The van der Waals surface area contributed by atoms with Gasteiger partial charge in [0, 0.05) is 66.3 Å². The highest BCUT2D eigenvalue weighted by Crippen LogP contribution is 2.40. The van der Waals surface area contributed by atoms with Crippen molar-refractivity contribution in [2.24, 2.45) is 0 Å². The molecule has 0 N–H and O–H groups in total. The van der Waals surface area contributed by atoms with E-state index in [0.717, 1.165) is 27.6 Å². The first-order valence-electron chi connectivity index (χ1n) is 17.1. The molecule has 5 heterocycles. The van der Waals surface area contributed by atoms with Crippen LogP contribution in [0.1, 0.15) is 0 Å². The highest BCUT2D eigenvalue weighted by molar-refractivity contribution is 7.25. The van der Waals surface area contributed by atoms with Crippen LogP contribution in [0.25, 0.3) is 97.5 Å². The van der Waals surface area contributed by atoms with Gasteiger partial charge in [-0.25, -0.2) is 0 Å². The molecule has 0 saturated heterocycles. The summed E-state index contributed by atoms with van der Waals surface area (Å²) in [6, 6.07) is 55.2. The van der Waals surface area contributed by atoms with Crippen LogP contribution in [-0.2, 0) is 0 Å². The van der Waals surface area contributed by atoms with Crippen LogP contribution < -0.4 is 0 Å². The summed E-state index contributed by atoms with van der Waals surface area (Å²) in [6.45, 7) is 0. The first-order chi connectivity index (χ1) is 25.3. The summed E-state index contributed by atoms with van der Waals surface area (Å²) in [5, 5.41) is 6.19. The lowest BCUT2D eigenvalue weighted by molar-refractivity contribution is 1.17. The normalized spacial score (nSPS) is 11.9. The third kappa shape index (κ3) is 4.32. The predicted octanol–water partition coefficient (Wildman–Crippen LogP) is 12.4. The molecule has 11 aromatic rings. The summed E-state index contributed by atoms with van der Waals surface area (Å²) in [4.78, 5) is 9.09. The Morgan fingerprint density at radius 2 is 1.00 bits per heavy atom. The Kier molecular flexibility index (Phi) is 6.09. The smallest absolute Gasteiger partial charge is 0.0978 e. The van der Waals surface area contributed by atoms with E-state index in [4.69, 9.17) is 4.98 Å². The maximum atomic E-state index is 4.70. The maximum absolute atomic E-state index is 4.70. The van der Waals surface area contributed by atoms with E-state index in [1.807, 2.05) is 36.0 Å². The van der Waals surface area contributed by atoms with Gasteiger partial charge >= 0.3 is 0 Å². The third-order valence-electron chi connectivity index (χ3n) is 10.2.